The molecule has 118 valence electrons. The third kappa shape index (κ3) is 5.32. The summed E-state index contributed by atoms with van der Waals surface area (Å²) in [5.74, 6) is -0.0403. The summed E-state index contributed by atoms with van der Waals surface area (Å²) in [5, 5.41) is 2.81. The van der Waals surface area contributed by atoms with Crippen molar-refractivity contribution in [3.8, 4) is 0 Å². The lowest BCUT2D eigenvalue weighted by Gasteiger charge is -2.25. The molecule has 21 heavy (non-hydrogen) atoms. The molecule has 0 fully saturated rings. The van der Waals surface area contributed by atoms with Crippen molar-refractivity contribution in [2.45, 2.75) is 26.8 Å². The number of rotatable bonds is 6. The van der Waals surface area contributed by atoms with E-state index in [2.05, 4.69) is 21.2 Å². The maximum Gasteiger partial charge on any atom is 0.240 e. The molecule has 0 spiro atoms. The van der Waals surface area contributed by atoms with Crippen LogP contribution in [0.2, 0.25) is 0 Å². The Balaban J connectivity index is 2.97. The second-order valence-corrected chi connectivity index (χ2v) is 8.08. The van der Waals surface area contributed by atoms with Gasteiger partial charge in [0.15, 0.2) is 0 Å². The summed E-state index contributed by atoms with van der Waals surface area (Å²) >= 11 is 3.32. The standard InChI is InChI=1S/C14H21BrN2O3S/c1-10(2)11(3)16-14(18)9-17(21(4,19)20)13-8-6-5-7-12(13)15/h5-8,10-11H,9H2,1-4H3,(H,16,18). The minimum atomic E-state index is -3.55. The molecule has 1 aromatic rings. The van der Waals surface area contributed by atoms with Gasteiger partial charge >= 0.3 is 0 Å². The number of nitrogens with zero attached hydrogens (tertiary/aromatic N) is 1. The van der Waals surface area contributed by atoms with Crippen LogP contribution in [-0.4, -0.2) is 33.2 Å². The van der Waals surface area contributed by atoms with E-state index in [4.69, 9.17) is 0 Å². The van der Waals surface area contributed by atoms with Crippen molar-refractivity contribution < 1.29 is 13.2 Å². The van der Waals surface area contributed by atoms with Gasteiger partial charge in [0, 0.05) is 10.5 Å². The maximum atomic E-state index is 12.1. The Morgan fingerprint density at radius 1 is 1.29 bits per heavy atom. The first kappa shape index (κ1) is 18.0. The number of amides is 1. The summed E-state index contributed by atoms with van der Waals surface area (Å²) < 4.78 is 25.7. The van der Waals surface area contributed by atoms with Gasteiger partial charge in [0.25, 0.3) is 0 Å². The summed E-state index contributed by atoms with van der Waals surface area (Å²) in [6.45, 7) is 5.64. The zero-order chi connectivity index (χ0) is 16.2. The third-order valence-corrected chi connectivity index (χ3v) is 4.99. The molecule has 0 bridgehead atoms. The Morgan fingerprint density at radius 3 is 2.33 bits per heavy atom. The first-order valence-electron chi connectivity index (χ1n) is 6.64. The predicted octanol–water partition coefficient (Wildman–Crippen LogP) is 2.38. The number of para-hydroxylation sites is 1. The number of nitrogens with one attached hydrogen (secondary N) is 1. The van der Waals surface area contributed by atoms with Gasteiger partial charge in [0.1, 0.15) is 6.54 Å². The van der Waals surface area contributed by atoms with Gasteiger partial charge in [-0.1, -0.05) is 26.0 Å². The number of carbonyl (C=O) groups excluding carboxylic acids is 1. The molecule has 1 unspecified atom stereocenters. The summed E-state index contributed by atoms with van der Waals surface area (Å²) in [5.41, 5.74) is 0.451. The van der Waals surface area contributed by atoms with E-state index in [0.717, 1.165) is 10.6 Å². The van der Waals surface area contributed by atoms with Gasteiger partial charge in [-0.15, -0.1) is 0 Å². The highest BCUT2D eigenvalue weighted by atomic mass is 79.9. The molecule has 0 aliphatic carbocycles. The van der Waals surface area contributed by atoms with Crippen LogP contribution in [0.5, 0.6) is 0 Å². The molecule has 7 heteroatoms. The van der Waals surface area contributed by atoms with E-state index in [0.29, 0.717) is 10.2 Å². The van der Waals surface area contributed by atoms with E-state index in [9.17, 15) is 13.2 Å². The van der Waals surface area contributed by atoms with Crippen molar-refractivity contribution in [3.63, 3.8) is 0 Å². The molecule has 0 heterocycles. The molecule has 1 rings (SSSR count). The topological polar surface area (TPSA) is 66.5 Å². The highest BCUT2D eigenvalue weighted by Gasteiger charge is 2.23. The number of halogens is 1. The molecule has 1 amide bonds. The van der Waals surface area contributed by atoms with E-state index in [1.165, 1.54) is 0 Å². The Kier molecular flexibility index (Phi) is 6.22. The van der Waals surface area contributed by atoms with Crippen LogP contribution in [0.1, 0.15) is 20.8 Å². The first-order valence-corrected chi connectivity index (χ1v) is 9.28. The van der Waals surface area contributed by atoms with Crippen LogP contribution < -0.4 is 9.62 Å². The lowest BCUT2D eigenvalue weighted by atomic mass is 10.1. The second-order valence-electron chi connectivity index (χ2n) is 5.32. The molecular weight excluding hydrogens is 356 g/mol. The number of benzene rings is 1. The van der Waals surface area contributed by atoms with Gasteiger partial charge in [0.2, 0.25) is 15.9 Å². The third-order valence-electron chi connectivity index (χ3n) is 3.20. The molecule has 0 aliphatic rings. The lowest BCUT2D eigenvalue weighted by molar-refractivity contribution is -0.120. The molecular formula is C14H21BrN2O3S. The quantitative estimate of drug-likeness (QED) is 0.828. The van der Waals surface area contributed by atoms with Crippen molar-refractivity contribution >= 4 is 37.5 Å². The van der Waals surface area contributed by atoms with Crippen LogP contribution in [0, 0.1) is 5.92 Å². The number of carbonyl (C=O) groups is 1. The second kappa shape index (κ2) is 7.26. The molecule has 0 radical (unpaired) electrons. The van der Waals surface area contributed by atoms with Gasteiger partial charge in [0.05, 0.1) is 11.9 Å². The van der Waals surface area contributed by atoms with E-state index < -0.39 is 10.0 Å². The van der Waals surface area contributed by atoms with Gasteiger partial charge < -0.3 is 5.32 Å². The Hall–Kier alpha value is -1.08. The molecule has 1 aromatic carbocycles. The molecule has 1 N–H and O–H groups in total. The fourth-order valence-electron chi connectivity index (χ4n) is 1.63. The van der Waals surface area contributed by atoms with Crippen molar-refractivity contribution in [1.29, 1.82) is 0 Å². The minimum absolute atomic E-state index is 0.0156. The molecule has 0 aromatic heterocycles. The van der Waals surface area contributed by atoms with E-state index in [1.807, 2.05) is 20.8 Å². The average molecular weight is 377 g/mol. The van der Waals surface area contributed by atoms with Crippen molar-refractivity contribution in [2.24, 2.45) is 5.92 Å². The summed E-state index contributed by atoms with van der Waals surface area (Å²) in [4.78, 5) is 12.1. The highest BCUT2D eigenvalue weighted by molar-refractivity contribution is 9.10. The summed E-state index contributed by atoms with van der Waals surface area (Å²) in [7, 11) is -3.55. The van der Waals surface area contributed by atoms with E-state index >= 15 is 0 Å². The average Bonchev–Trinajstić information content (AvgIpc) is 2.35. The molecule has 1 atom stereocenters. The molecule has 0 saturated carbocycles. The fraction of sp³-hybridized carbons (Fsp3) is 0.500. The Morgan fingerprint density at radius 2 is 1.86 bits per heavy atom. The zero-order valence-corrected chi connectivity index (χ0v) is 15.0. The Bertz CT molecular complexity index is 602. The highest BCUT2D eigenvalue weighted by Crippen LogP contribution is 2.27. The van der Waals surface area contributed by atoms with Crippen LogP contribution in [0.15, 0.2) is 28.7 Å². The maximum absolute atomic E-state index is 12.1. The van der Waals surface area contributed by atoms with E-state index in [1.54, 1.807) is 24.3 Å². The fourth-order valence-corrected chi connectivity index (χ4v) is 3.12. The first-order chi connectivity index (χ1) is 9.62. The number of hydrogen-bond acceptors (Lipinski definition) is 3. The monoisotopic (exact) mass is 376 g/mol. The Labute approximate surface area is 134 Å². The molecule has 5 nitrogen and oxygen atoms in total. The summed E-state index contributed by atoms with van der Waals surface area (Å²) in [6.07, 6.45) is 1.09. The van der Waals surface area contributed by atoms with Crippen LogP contribution in [0.4, 0.5) is 5.69 Å². The number of anilines is 1. The molecule has 0 saturated heterocycles. The van der Waals surface area contributed by atoms with Crippen LogP contribution in [0.25, 0.3) is 0 Å². The normalized spacial score (nSPS) is 13.0. The molecule has 0 aliphatic heterocycles. The predicted molar refractivity (Wildman–Crippen MR) is 88.8 cm³/mol. The van der Waals surface area contributed by atoms with Gasteiger partial charge in [-0.05, 0) is 40.9 Å². The number of sulfonamides is 1. The van der Waals surface area contributed by atoms with Crippen molar-refractivity contribution in [2.75, 3.05) is 17.1 Å². The van der Waals surface area contributed by atoms with Crippen molar-refractivity contribution in [3.05, 3.63) is 28.7 Å². The van der Waals surface area contributed by atoms with Crippen LogP contribution >= 0.6 is 15.9 Å². The minimum Gasteiger partial charge on any atom is -0.352 e. The lowest BCUT2D eigenvalue weighted by Crippen LogP contribution is -2.44. The largest absolute Gasteiger partial charge is 0.352 e. The van der Waals surface area contributed by atoms with Crippen molar-refractivity contribution in [1.82, 2.24) is 5.32 Å². The zero-order valence-electron chi connectivity index (χ0n) is 12.6. The smallest absolute Gasteiger partial charge is 0.240 e. The SMILES string of the molecule is CC(C)C(C)NC(=O)CN(c1ccccc1Br)S(C)(=O)=O. The van der Waals surface area contributed by atoms with Gasteiger partial charge in [-0.25, -0.2) is 8.42 Å². The van der Waals surface area contributed by atoms with Crippen LogP contribution in [-0.2, 0) is 14.8 Å². The number of hydrogen-bond donors (Lipinski definition) is 1. The summed E-state index contributed by atoms with van der Waals surface area (Å²) in [6, 6.07) is 6.90. The van der Waals surface area contributed by atoms with Crippen LogP contribution in [0.3, 0.4) is 0 Å². The van der Waals surface area contributed by atoms with Gasteiger partial charge in [-0.3, -0.25) is 9.10 Å². The van der Waals surface area contributed by atoms with Gasteiger partial charge in [-0.2, -0.15) is 0 Å². The van der Waals surface area contributed by atoms with E-state index in [-0.39, 0.29) is 24.4 Å².